The van der Waals surface area contributed by atoms with Crippen molar-refractivity contribution >= 4 is 11.8 Å². The van der Waals surface area contributed by atoms with Crippen molar-refractivity contribution in [1.82, 2.24) is 20.0 Å². The SMILES string of the molecule is COCCCNC(=O)CN1CCN(CC(=O)N2CCCCCC2)CC1. The van der Waals surface area contributed by atoms with E-state index >= 15 is 0 Å². The Labute approximate surface area is 151 Å². The van der Waals surface area contributed by atoms with Crippen LogP contribution in [0.15, 0.2) is 0 Å². The van der Waals surface area contributed by atoms with Crippen LogP contribution in [0.2, 0.25) is 0 Å². The van der Waals surface area contributed by atoms with Crippen LogP contribution in [0.25, 0.3) is 0 Å². The van der Waals surface area contributed by atoms with E-state index in [0.717, 1.165) is 58.5 Å². The van der Waals surface area contributed by atoms with Crippen LogP contribution < -0.4 is 5.32 Å². The highest BCUT2D eigenvalue weighted by Crippen LogP contribution is 2.10. The van der Waals surface area contributed by atoms with Crippen molar-refractivity contribution in [3.8, 4) is 0 Å². The van der Waals surface area contributed by atoms with Crippen LogP contribution in [-0.4, -0.2) is 99.1 Å². The third-order valence-corrected chi connectivity index (χ3v) is 5.00. The zero-order chi connectivity index (χ0) is 17.9. The van der Waals surface area contributed by atoms with E-state index in [1.807, 2.05) is 4.90 Å². The Balaban J connectivity index is 1.60. The molecule has 2 aliphatic rings. The van der Waals surface area contributed by atoms with E-state index in [1.54, 1.807) is 7.11 Å². The van der Waals surface area contributed by atoms with Crippen LogP contribution in [0.4, 0.5) is 0 Å². The second-order valence-corrected chi connectivity index (χ2v) is 7.04. The highest BCUT2D eigenvalue weighted by molar-refractivity contribution is 5.78. The number of hydrogen-bond acceptors (Lipinski definition) is 5. The maximum atomic E-state index is 12.4. The van der Waals surface area contributed by atoms with Gasteiger partial charge in [-0.15, -0.1) is 0 Å². The summed E-state index contributed by atoms with van der Waals surface area (Å²) in [6.45, 7) is 7.55. The maximum Gasteiger partial charge on any atom is 0.236 e. The van der Waals surface area contributed by atoms with E-state index < -0.39 is 0 Å². The topological polar surface area (TPSA) is 65.1 Å². The van der Waals surface area contributed by atoms with E-state index in [-0.39, 0.29) is 11.8 Å². The van der Waals surface area contributed by atoms with Gasteiger partial charge in [0.15, 0.2) is 0 Å². The lowest BCUT2D eigenvalue weighted by molar-refractivity contribution is -0.133. The Morgan fingerprint density at radius 3 is 2.08 bits per heavy atom. The predicted octanol–water partition coefficient (Wildman–Crippen LogP) is 0.159. The molecule has 0 saturated carbocycles. The van der Waals surface area contributed by atoms with Crippen LogP contribution in [0.1, 0.15) is 32.1 Å². The molecule has 0 bridgehead atoms. The number of amides is 2. The molecule has 2 fully saturated rings. The Morgan fingerprint density at radius 2 is 1.48 bits per heavy atom. The molecule has 0 aliphatic carbocycles. The molecule has 2 amide bonds. The zero-order valence-electron chi connectivity index (χ0n) is 15.7. The lowest BCUT2D eigenvalue weighted by Crippen LogP contribution is -2.52. The minimum Gasteiger partial charge on any atom is -0.385 e. The van der Waals surface area contributed by atoms with Crippen LogP contribution in [-0.2, 0) is 14.3 Å². The summed E-state index contributed by atoms with van der Waals surface area (Å²) >= 11 is 0. The van der Waals surface area contributed by atoms with E-state index in [1.165, 1.54) is 12.8 Å². The third kappa shape index (κ3) is 7.71. The highest BCUT2D eigenvalue weighted by Gasteiger charge is 2.23. The first-order valence-corrected chi connectivity index (χ1v) is 9.67. The minimum atomic E-state index is 0.0743. The van der Waals surface area contributed by atoms with Gasteiger partial charge in [0.25, 0.3) is 0 Å². The molecule has 2 saturated heterocycles. The molecule has 25 heavy (non-hydrogen) atoms. The molecular weight excluding hydrogens is 320 g/mol. The molecule has 0 unspecified atom stereocenters. The van der Waals surface area contributed by atoms with Gasteiger partial charge in [-0.3, -0.25) is 19.4 Å². The summed E-state index contributed by atoms with van der Waals surface area (Å²) < 4.78 is 4.97. The minimum absolute atomic E-state index is 0.0743. The van der Waals surface area contributed by atoms with Crippen molar-refractivity contribution < 1.29 is 14.3 Å². The summed E-state index contributed by atoms with van der Waals surface area (Å²) in [6, 6.07) is 0. The van der Waals surface area contributed by atoms with Crippen molar-refractivity contribution in [3.63, 3.8) is 0 Å². The molecule has 2 aliphatic heterocycles. The fourth-order valence-electron chi connectivity index (χ4n) is 3.42. The quantitative estimate of drug-likeness (QED) is 0.629. The van der Waals surface area contributed by atoms with Crippen molar-refractivity contribution in [3.05, 3.63) is 0 Å². The van der Waals surface area contributed by atoms with Gasteiger partial charge in [0.2, 0.25) is 11.8 Å². The number of likely N-dealkylation sites (tertiary alicyclic amines) is 1. The normalized spacial score (nSPS) is 20.3. The summed E-state index contributed by atoms with van der Waals surface area (Å²) in [7, 11) is 1.67. The fraction of sp³-hybridized carbons (Fsp3) is 0.889. The van der Waals surface area contributed by atoms with Gasteiger partial charge >= 0.3 is 0 Å². The van der Waals surface area contributed by atoms with Crippen molar-refractivity contribution in [1.29, 1.82) is 0 Å². The Kier molecular flexibility index (Phi) is 9.21. The molecule has 2 rings (SSSR count). The zero-order valence-corrected chi connectivity index (χ0v) is 15.7. The summed E-state index contributed by atoms with van der Waals surface area (Å²) in [4.78, 5) is 30.8. The summed E-state index contributed by atoms with van der Waals surface area (Å²) in [5.74, 6) is 0.344. The summed E-state index contributed by atoms with van der Waals surface area (Å²) in [6.07, 6.45) is 5.61. The standard InChI is InChI=1S/C18H34N4O3/c1-25-14-6-7-19-17(23)15-20-10-12-21(13-11-20)16-18(24)22-8-4-2-3-5-9-22/h2-16H2,1H3,(H,19,23). The van der Waals surface area contributed by atoms with Crippen LogP contribution in [0.3, 0.4) is 0 Å². The van der Waals surface area contributed by atoms with E-state index in [0.29, 0.717) is 26.2 Å². The number of carbonyl (C=O) groups is 2. The monoisotopic (exact) mass is 354 g/mol. The van der Waals surface area contributed by atoms with Gasteiger partial charge in [-0.25, -0.2) is 0 Å². The molecule has 0 atom stereocenters. The molecule has 2 heterocycles. The van der Waals surface area contributed by atoms with Gasteiger partial charge in [0, 0.05) is 59.5 Å². The molecule has 7 nitrogen and oxygen atoms in total. The van der Waals surface area contributed by atoms with E-state index in [9.17, 15) is 9.59 Å². The first-order valence-electron chi connectivity index (χ1n) is 9.67. The van der Waals surface area contributed by atoms with Crippen LogP contribution in [0, 0.1) is 0 Å². The van der Waals surface area contributed by atoms with Gasteiger partial charge in [-0.05, 0) is 19.3 Å². The highest BCUT2D eigenvalue weighted by atomic mass is 16.5. The predicted molar refractivity (Wildman–Crippen MR) is 97.4 cm³/mol. The van der Waals surface area contributed by atoms with Crippen molar-refractivity contribution in [2.24, 2.45) is 0 Å². The third-order valence-electron chi connectivity index (χ3n) is 5.00. The number of nitrogens with zero attached hydrogens (tertiary/aromatic N) is 3. The number of hydrogen-bond donors (Lipinski definition) is 1. The molecule has 144 valence electrons. The Hall–Kier alpha value is -1.18. The lowest BCUT2D eigenvalue weighted by Gasteiger charge is -2.35. The van der Waals surface area contributed by atoms with Gasteiger partial charge in [0.1, 0.15) is 0 Å². The smallest absolute Gasteiger partial charge is 0.236 e. The number of rotatable bonds is 8. The van der Waals surface area contributed by atoms with Crippen LogP contribution in [0.5, 0.6) is 0 Å². The molecule has 7 heteroatoms. The maximum absolute atomic E-state index is 12.4. The average molecular weight is 354 g/mol. The second kappa shape index (κ2) is 11.4. The Bertz CT molecular complexity index is 403. The second-order valence-electron chi connectivity index (χ2n) is 7.04. The lowest BCUT2D eigenvalue weighted by atomic mass is 10.2. The van der Waals surface area contributed by atoms with E-state index in [2.05, 4.69) is 15.1 Å². The van der Waals surface area contributed by atoms with Gasteiger partial charge in [-0.1, -0.05) is 12.8 Å². The fourth-order valence-corrected chi connectivity index (χ4v) is 3.42. The van der Waals surface area contributed by atoms with Crippen LogP contribution >= 0.6 is 0 Å². The number of nitrogens with one attached hydrogen (secondary N) is 1. The number of methoxy groups -OCH3 is 1. The molecule has 0 radical (unpaired) electrons. The van der Waals surface area contributed by atoms with Crippen molar-refractivity contribution in [2.75, 3.05) is 72.6 Å². The molecule has 0 aromatic heterocycles. The molecule has 1 N–H and O–H groups in total. The van der Waals surface area contributed by atoms with Crippen molar-refractivity contribution in [2.45, 2.75) is 32.1 Å². The van der Waals surface area contributed by atoms with Gasteiger partial charge < -0.3 is 15.0 Å². The first-order chi connectivity index (χ1) is 12.2. The first kappa shape index (κ1) is 20.1. The molecule has 0 aromatic rings. The Morgan fingerprint density at radius 1 is 0.880 bits per heavy atom. The molecule has 0 aromatic carbocycles. The van der Waals surface area contributed by atoms with E-state index in [4.69, 9.17) is 4.74 Å². The van der Waals surface area contributed by atoms with Gasteiger partial charge in [0.05, 0.1) is 13.1 Å². The van der Waals surface area contributed by atoms with Gasteiger partial charge in [-0.2, -0.15) is 0 Å². The largest absolute Gasteiger partial charge is 0.385 e. The number of piperazine rings is 1. The number of ether oxygens (including phenoxy) is 1. The average Bonchev–Trinajstić information content (AvgIpc) is 2.90. The summed E-state index contributed by atoms with van der Waals surface area (Å²) in [5, 5.41) is 2.92. The molecule has 0 spiro atoms. The summed E-state index contributed by atoms with van der Waals surface area (Å²) in [5.41, 5.74) is 0. The number of carbonyl (C=O) groups excluding carboxylic acids is 2. The molecular formula is C18H34N4O3.